The van der Waals surface area contributed by atoms with E-state index in [9.17, 15) is 8.42 Å². The van der Waals surface area contributed by atoms with Crippen LogP contribution in [0, 0.1) is 0 Å². The average Bonchev–Trinajstić information content (AvgIpc) is 2.95. The Hall–Kier alpha value is -1.40. The number of aryl methyl sites for hydroxylation is 2. The molecule has 0 spiro atoms. The summed E-state index contributed by atoms with van der Waals surface area (Å²) < 4.78 is 28.9. The minimum absolute atomic E-state index is 0.297. The number of nitrogens with one attached hydrogen (secondary N) is 1. The van der Waals surface area contributed by atoms with Crippen molar-refractivity contribution in [3.05, 3.63) is 24.0 Å². The first-order valence-electron chi connectivity index (χ1n) is 6.60. The maximum absolute atomic E-state index is 12.1. The minimum Gasteiger partial charge on any atom is -0.328 e. The molecule has 1 N–H and O–H groups in total. The number of rotatable bonds is 4. The van der Waals surface area contributed by atoms with Gasteiger partial charge in [-0.2, -0.15) is 0 Å². The van der Waals surface area contributed by atoms with E-state index in [0.29, 0.717) is 11.4 Å². The Morgan fingerprint density at radius 1 is 1.42 bits per heavy atom. The molecule has 1 aliphatic rings. The normalized spacial score (nSPS) is 15.0. The van der Waals surface area contributed by atoms with Crippen LogP contribution in [0.25, 0.3) is 11.0 Å². The Balaban J connectivity index is 2.03. The first-order valence-corrected chi connectivity index (χ1v) is 8.09. The molecular formula is C13H17N3O2S. The van der Waals surface area contributed by atoms with Gasteiger partial charge in [0.1, 0.15) is 5.82 Å². The molecule has 1 aromatic carbocycles. The van der Waals surface area contributed by atoms with Gasteiger partial charge in [-0.3, -0.25) is 0 Å². The van der Waals surface area contributed by atoms with Crippen LogP contribution in [0.2, 0.25) is 0 Å². The van der Waals surface area contributed by atoms with Crippen molar-refractivity contribution in [1.29, 1.82) is 0 Å². The molecule has 5 nitrogen and oxygen atoms in total. The molecule has 2 heterocycles. The van der Waals surface area contributed by atoms with Gasteiger partial charge in [-0.1, -0.05) is 6.92 Å². The third-order valence-corrected chi connectivity index (χ3v) is 4.89. The summed E-state index contributed by atoms with van der Waals surface area (Å²) in [5.74, 6) is 1.06. The monoisotopic (exact) mass is 279 g/mol. The number of nitrogens with zero attached hydrogens (tertiary/aromatic N) is 2. The molecule has 0 saturated heterocycles. The van der Waals surface area contributed by atoms with Crippen molar-refractivity contribution in [3.8, 4) is 0 Å². The van der Waals surface area contributed by atoms with Gasteiger partial charge < -0.3 is 4.57 Å². The second kappa shape index (κ2) is 4.61. The highest BCUT2D eigenvalue weighted by Crippen LogP contribution is 2.24. The molecule has 2 aromatic rings. The Morgan fingerprint density at radius 2 is 2.26 bits per heavy atom. The van der Waals surface area contributed by atoms with Gasteiger partial charge in [-0.15, -0.1) is 0 Å². The summed E-state index contributed by atoms with van der Waals surface area (Å²) >= 11 is 0. The molecule has 0 fully saturated rings. The number of benzene rings is 1. The van der Waals surface area contributed by atoms with E-state index in [4.69, 9.17) is 0 Å². The number of hydrogen-bond donors (Lipinski definition) is 1. The highest BCUT2D eigenvalue weighted by Gasteiger charge is 2.19. The molecule has 19 heavy (non-hydrogen) atoms. The van der Waals surface area contributed by atoms with Gasteiger partial charge in [-0.25, -0.2) is 18.1 Å². The van der Waals surface area contributed by atoms with Crippen molar-refractivity contribution in [2.24, 2.45) is 0 Å². The van der Waals surface area contributed by atoms with E-state index in [-0.39, 0.29) is 0 Å². The zero-order valence-electron chi connectivity index (χ0n) is 10.9. The smallest absolute Gasteiger partial charge is 0.240 e. The molecule has 0 radical (unpaired) electrons. The van der Waals surface area contributed by atoms with E-state index in [1.165, 1.54) is 0 Å². The van der Waals surface area contributed by atoms with Crippen LogP contribution in [0.4, 0.5) is 0 Å². The lowest BCUT2D eigenvalue weighted by atomic mass is 10.3. The molecule has 3 rings (SSSR count). The number of fused-ring (bicyclic) bond motifs is 3. The van der Waals surface area contributed by atoms with Crippen LogP contribution >= 0.6 is 0 Å². The molecule has 0 atom stereocenters. The molecule has 6 heteroatoms. The van der Waals surface area contributed by atoms with E-state index in [2.05, 4.69) is 14.3 Å². The van der Waals surface area contributed by atoms with Crippen LogP contribution < -0.4 is 4.72 Å². The molecule has 0 unspecified atom stereocenters. The Labute approximate surface area is 112 Å². The minimum atomic E-state index is -3.41. The summed E-state index contributed by atoms with van der Waals surface area (Å²) in [7, 11) is -3.41. The maximum Gasteiger partial charge on any atom is 0.240 e. The predicted molar refractivity (Wildman–Crippen MR) is 73.5 cm³/mol. The van der Waals surface area contributed by atoms with Gasteiger partial charge in [0.25, 0.3) is 0 Å². The molecule has 0 aliphatic carbocycles. The van der Waals surface area contributed by atoms with Crippen LogP contribution in [0.15, 0.2) is 23.1 Å². The van der Waals surface area contributed by atoms with Gasteiger partial charge in [0.05, 0.1) is 15.9 Å². The quantitative estimate of drug-likeness (QED) is 0.926. The number of aromatic nitrogens is 2. The van der Waals surface area contributed by atoms with Crippen LogP contribution in [-0.4, -0.2) is 24.5 Å². The summed E-state index contributed by atoms with van der Waals surface area (Å²) in [6, 6.07) is 5.18. The highest BCUT2D eigenvalue weighted by atomic mass is 32.2. The summed E-state index contributed by atoms with van der Waals surface area (Å²) in [6.07, 6.45) is 2.88. The highest BCUT2D eigenvalue weighted by molar-refractivity contribution is 7.89. The molecule has 1 aromatic heterocycles. The number of hydrogen-bond acceptors (Lipinski definition) is 3. The Bertz CT molecular complexity index is 719. The van der Waals surface area contributed by atoms with Crippen LogP contribution in [-0.2, 0) is 23.0 Å². The van der Waals surface area contributed by atoms with E-state index >= 15 is 0 Å². The second-order valence-corrected chi connectivity index (χ2v) is 6.60. The van der Waals surface area contributed by atoms with Crippen molar-refractivity contribution < 1.29 is 8.42 Å². The molecule has 1 aliphatic heterocycles. The zero-order chi connectivity index (χ0) is 13.5. The van der Waals surface area contributed by atoms with Crippen LogP contribution in [0.5, 0.6) is 0 Å². The van der Waals surface area contributed by atoms with Crippen molar-refractivity contribution in [3.63, 3.8) is 0 Å². The van der Waals surface area contributed by atoms with Crippen LogP contribution in [0.1, 0.15) is 25.6 Å². The molecular weight excluding hydrogens is 262 g/mol. The molecule has 0 amide bonds. The average molecular weight is 279 g/mol. The maximum atomic E-state index is 12.1. The van der Waals surface area contributed by atoms with Crippen LogP contribution in [0.3, 0.4) is 0 Å². The topological polar surface area (TPSA) is 64.0 Å². The largest absolute Gasteiger partial charge is 0.328 e. The van der Waals surface area contributed by atoms with Gasteiger partial charge in [0.15, 0.2) is 0 Å². The van der Waals surface area contributed by atoms with Gasteiger partial charge in [0.2, 0.25) is 10.0 Å². The zero-order valence-corrected chi connectivity index (χ0v) is 11.7. The van der Waals surface area contributed by atoms with Crippen molar-refractivity contribution >= 4 is 21.1 Å². The fourth-order valence-electron chi connectivity index (χ4n) is 2.48. The molecule has 0 bridgehead atoms. The van der Waals surface area contributed by atoms with Crippen molar-refractivity contribution in [1.82, 2.24) is 14.3 Å². The standard InChI is InChI=1S/C13H17N3O2S/c1-2-7-14-19(17,18)10-5-6-12-11(9-10)15-13-4-3-8-16(12)13/h5-6,9,14H,2-4,7-8H2,1H3. The number of sulfonamides is 1. The Morgan fingerprint density at radius 3 is 3.05 bits per heavy atom. The third kappa shape index (κ3) is 2.15. The van der Waals surface area contributed by atoms with Gasteiger partial charge in [0, 0.05) is 19.5 Å². The second-order valence-electron chi connectivity index (χ2n) is 4.83. The van der Waals surface area contributed by atoms with E-state index < -0.39 is 10.0 Å². The predicted octanol–water partition coefficient (Wildman–Crippen LogP) is 1.67. The number of imidazole rings is 1. The summed E-state index contributed by atoms with van der Waals surface area (Å²) in [5, 5.41) is 0. The SMILES string of the molecule is CCCNS(=O)(=O)c1ccc2c(c1)nc1n2CCC1. The fourth-order valence-corrected chi connectivity index (χ4v) is 3.64. The summed E-state index contributed by atoms with van der Waals surface area (Å²) in [5.41, 5.74) is 1.80. The summed E-state index contributed by atoms with van der Waals surface area (Å²) in [4.78, 5) is 4.81. The van der Waals surface area contributed by atoms with E-state index in [1.54, 1.807) is 12.1 Å². The molecule has 102 valence electrons. The lowest BCUT2D eigenvalue weighted by molar-refractivity contribution is 0.581. The Kier molecular flexibility index (Phi) is 3.06. The van der Waals surface area contributed by atoms with Crippen molar-refractivity contribution in [2.75, 3.05) is 6.54 Å². The van der Waals surface area contributed by atoms with Crippen molar-refractivity contribution in [2.45, 2.75) is 37.6 Å². The van der Waals surface area contributed by atoms with E-state index in [0.717, 1.165) is 42.7 Å². The molecule has 0 saturated carbocycles. The lowest BCUT2D eigenvalue weighted by Crippen LogP contribution is -2.24. The first-order chi connectivity index (χ1) is 9.12. The van der Waals surface area contributed by atoms with Gasteiger partial charge in [-0.05, 0) is 31.0 Å². The van der Waals surface area contributed by atoms with E-state index in [1.807, 2.05) is 13.0 Å². The van der Waals surface area contributed by atoms with Gasteiger partial charge >= 0.3 is 0 Å². The lowest BCUT2D eigenvalue weighted by Gasteiger charge is -2.05. The third-order valence-electron chi connectivity index (χ3n) is 3.43. The fraction of sp³-hybridized carbons (Fsp3) is 0.462. The summed E-state index contributed by atoms with van der Waals surface area (Å²) in [6.45, 7) is 3.37. The first kappa shape index (κ1) is 12.6.